The normalized spacial score (nSPS) is 15.6. The lowest BCUT2D eigenvalue weighted by Gasteiger charge is -2.47. The van der Waals surface area contributed by atoms with Crippen molar-refractivity contribution in [2.45, 2.75) is 41.2 Å². The fraction of sp³-hybridized carbons (Fsp3) is 0.409. The number of amides is 1. The molecule has 1 saturated heterocycles. The lowest BCUT2D eigenvalue weighted by atomic mass is 9.87. The molecule has 198 valence electrons. The van der Waals surface area contributed by atoms with Crippen molar-refractivity contribution < 1.29 is 48.3 Å². The lowest BCUT2D eigenvalue weighted by molar-refractivity contribution is -0.137. The Morgan fingerprint density at radius 3 is 2.17 bits per heavy atom. The average Bonchev–Trinajstić information content (AvgIpc) is 2.70. The summed E-state index contributed by atoms with van der Waals surface area (Å²) < 4.78 is 118. The molecular formula is C22H22F5NO6S2. The van der Waals surface area contributed by atoms with Gasteiger partial charge in [0.15, 0.2) is 19.7 Å². The van der Waals surface area contributed by atoms with Crippen LogP contribution in [-0.2, 0) is 25.9 Å². The number of carbonyl (C=O) groups excluding carboxylic acids is 1. The van der Waals surface area contributed by atoms with Gasteiger partial charge in [0, 0.05) is 25.3 Å². The fourth-order valence-electron chi connectivity index (χ4n) is 3.78. The summed E-state index contributed by atoms with van der Waals surface area (Å²) in [4.78, 5) is 13.1. The molecule has 2 aromatic rings. The number of benzene rings is 2. The van der Waals surface area contributed by atoms with E-state index in [1.807, 2.05) is 0 Å². The second-order valence-corrected chi connectivity index (χ2v) is 13.4. The van der Waals surface area contributed by atoms with Gasteiger partial charge in [0.05, 0.1) is 25.7 Å². The molecule has 0 N–H and O–H groups in total. The Bertz CT molecular complexity index is 1380. The molecule has 1 fully saturated rings. The van der Waals surface area contributed by atoms with Crippen LogP contribution in [0.4, 0.5) is 22.0 Å². The van der Waals surface area contributed by atoms with Crippen molar-refractivity contribution in [3.05, 3.63) is 53.6 Å². The highest BCUT2D eigenvalue weighted by Crippen LogP contribution is 2.40. The van der Waals surface area contributed by atoms with Gasteiger partial charge < -0.3 is 9.64 Å². The number of ether oxygens (including phenoxy) is 1. The standard InChI is InChI=1S/C22H22F5NO6S2/c1-21(2,36(32,33)16-6-4-5-13(9-16)22(25,26)27)14-11-28(12-14)19(29)17-8-7-15(34-20(23)24)10-18(17)35(3,30)31/h4-10,14,20H,11-12H2,1-3H3. The van der Waals surface area contributed by atoms with E-state index in [4.69, 9.17) is 0 Å². The summed E-state index contributed by atoms with van der Waals surface area (Å²) in [6.07, 6.45) is -3.95. The van der Waals surface area contributed by atoms with Crippen LogP contribution in [0.3, 0.4) is 0 Å². The topological polar surface area (TPSA) is 97.8 Å². The van der Waals surface area contributed by atoms with Crippen molar-refractivity contribution in [3.8, 4) is 5.75 Å². The number of likely N-dealkylation sites (tertiary alicyclic amines) is 1. The molecule has 0 aromatic heterocycles. The minimum Gasteiger partial charge on any atom is -0.435 e. The summed E-state index contributed by atoms with van der Waals surface area (Å²) >= 11 is 0. The number of sulfone groups is 2. The molecule has 0 aliphatic carbocycles. The zero-order chi connectivity index (χ0) is 27.3. The third-order valence-electron chi connectivity index (χ3n) is 6.12. The van der Waals surface area contributed by atoms with Crippen LogP contribution < -0.4 is 4.74 Å². The third kappa shape index (κ3) is 5.33. The summed E-state index contributed by atoms with van der Waals surface area (Å²) in [5.74, 6) is -1.91. The Labute approximate surface area is 204 Å². The Balaban J connectivity index is 1.84. The summed E-state index contributed by atoms with van der Waals surface area (Å²) in [7, 11) is -8.30. The molecule has 0 saturated carbocycles. The molecule has 7 nitrogen and oxygen atoms in total. The summed E-state index contributed by atoms with van der Waals surface area (Å²) in [5, 5.41) is 0. The maximum atomic E-state index is 13.2. The predicted molar refractivity (Wildman–Crippen MR) is 118 cm³/mol. The number of hydrogen-bond donors (Lipinski definition) is 0. The van der Waals surface area contributed by atoms with E-state index in [0.29, 0.717) is 6.07 Å². The van der Waals surface area contributed by atoms with Crippen LogP contribution in [-0.4, -0.2) is 58.3 Å². The van der Waals surface area contributed by atoms with Crippen molar-refractivity contribution in [1.29, 1.82) is 0 Å². The molecule has 1 heterocycles. The first kappa shape index (κ1) is 27.8. The number of hydrogen-bond acceptors (Lipinski definition) is 6. The van der Waals surface area contributed by atoms with Gasteiger partial charge in [-0.2, -0.15) is 22.0 Å². The molecule has 0 unspecified atom stereocenters. The summed E-state index contributed by atoms with van der Waals surface area (Å²) in [6.45, 7) is -0.775. The largest absolute Gasteiger partial charge is 0.435 e. The van der Waals surface area contributed by atoms with Gasteiger partial charge in [0.25, 0.3) is 5.91 Å². The van der Waals surface area contributed by atoms with Gasteiger partial charge >= 0.3 is 12.8 Å². The molecule has 1 aliphatic heterocycles. The SMILES string of the molecule is CC(C)(C1CN(C(=O)c2ccc(OC(F)F)cc2S(C)(=O)=O)C1)S(=O)(=O)c1cccc(C(F)(F)F)c1. The van der Waals surface area contributed by atoms with Crippen molar-refractivity contribution in [3.63, 3.8) is 0 Å². The summed E-state index contributed by atoms with van der Waals surface area (Å²) in [6, 6.07) is 6.20. The van der Waals surface area contributed by atoms with Gasteiger partial charge in [-0.3, -0.25) is 4.79 Å². The molecule has 14 heteroatoms. The van der Waals surface area contributed by atoms with Crippen LogP contribution >= 0.6 is 0 Å². The molecule has 36 heavy (non-hydrogen) atoms. The van der Waals surface area contributed by atoms with E-state index in [9.17, 15) is 43.6 Å². The summed E-state index contributed by atoms with van der Waals surface area (Å²) in [5.41, 5.74) is -1.42. The molecule has 2 aromatic carbocycles. The van der Waals surface area contributed by atoms with E-state index in [-0.39, 0.29) is 18.7 Å². The molecule has 3 rings (SSSR count). The van der Waals surface area contributed by atoms with Crippen LogP contribution in [0, 0.1) is 5.92 Å². The monoisotopic (exact) mass is 555 g/mol. The van der Waals surface area contributed by atoms with Crippen molar-refractivity contribution in [2.75, 3.05) is 19.3 Å². The lowest BCUT2D eigenvalue weighted by Crippen LogP contribution is -2.60. The van der Waals surface area contributed by atoms with Gasteiger partial charge in [-0.15, -0.1) is 0 Å². The third-order valence-corrected chi connectivity index (χ3v) is 9.85. The molecule has 0 atom stereocenters. The van der Waals surface area contributed by atoms with Crippen LogP contribution in [0.15, 0.2) is 52.3 Å². The first-order valence-corrected chi connectivity index (χ1v) is 13.7. The highest BCUT2D eigenvalue weighted by molar-refractivity contribution is 7.92. The number of halogens is 5. The number of alkyl halides is 5. The van der Waals surface area contributed by atoms with Crippen LogP contribution in [0.2, 0.25) is 0 Å². The van der Waals surface area contributed by atoms with E-state index in [1.165, 1.54) is 18.7 Å². The van der Waals surface area contributed by atoms with Crippen LogP contribution in [0.25, 0.3) is 0 Å². The predicted octanol–water partition coefficient (Wildman–Crippen LogP) is 4.03. The minimum absolute atomic E-state index is 0.123. The quantitative estimate of drug-likeness (QED) is 0.479. The van der Waals surface area contributed by atoms with Crippen LogP contribution in [0.5, 0.6) is 5.75 Å². The van der Waals surface area contributed by atoms with Gasteiger partial charge in [0.1, 0.15) is 5.75 Å². The van der Waals surface area contributed by atoms with E-state index in [0.717, 1.165) is 42.7 Å². The molecule has 0 radical (unpaired) electrons. The first-order valence-electron chi connectivity index (χ1n) is 10.4. The van der Waals surface area contributed by atoms with Crippen molar-refractivity contribution in [2.24, 2.45) is 5.92 Å². The van der Waals surface area contributed by atoms with E-state index < -0.39 is 70.1 Å². The highest BCUT2D eigenvalue weighted by Gasteiger charge is 2.50. The van der Waals surface area contributed by atoms with Crippen LogP contribution in [0.1, 0.15) is 29.8 Å². The number of carbonyl (C=O) groups is 1. The minimum atomic E-state index is -4.73. The van der Waals surface area contributed by atoms with Crippen molar-refractivity contribution >= 4 is 25.6 Å². The maximum Gasteiger partial charge on any atom is 0.416 e. The number of nitrogens with zero attached hydrogens (tertiary/aromatic N) is 1. The molecule has 1 aliphatic rings. The second kappa shape index (κ2) is 9.29. The zero-order valence-corrected chi connectivity index (χ0v) is 20.8. The zero-order valence-electron chi connectivity index (χ0n) is 19.2. The van der Waals surface area contributed by atoms with E-state index >= 15 is 0 Å². The van der Waals surface area contributed by atoms with Gasteiger partial charge in [-0.25, -0.2) is 16.8 Å². The molecule has 1 amide bonds. The smallest absolute Gasteiger partial charge is 0.416 e. The van der Waals surface area contributed by atoms with Gasteiger partial charge in [-0.05, 0) is 50.2 Å². The Morgan fingerprint density at radius 2 is 1.64 bits per heavy atom. The highest BCUT2D eigenvalue weighted by atomic mass is 32.2. The van der Waals surface area contributed by atoms with Gasteiger partial charge in [0.2, 0.25) is 0 Å². The first-order chi connectivity index (χ1) is 16.4. The Morgan fingerprint density at radius 1 is 1.03 bits per heavy atom. The van der Waals surface area contributed by atoms with Crippen molar-refractivity contribution in [1.82, 2.24) is 4.90 Å². The Kier molecular flexibility index (Phi) is 7.18. The number of rotatable bonds is 7. The maximum absolute atomic E-state index is 13.2. The second-order valence-electron chi connectivity index (χ2n) is 8.85. The van der Waals surface area contributed by atoms with Gasteiger partial charge in [-0.1, -0.05) is 6.07 Å². The fourth-order valence-corrected chi connectivity index (χ4v) is 6.40. The average molecular weight is 556 g/mol. The molecule has 0 bridgehead atoms. The van der Waals surface area contributed by atoms with E-state index in [2.05, 4.69) is 4.74 Å². The Hall–Kier alpha value is -2.74. The van der Waals surface area contributed by atoms with E-state index in [1.54, 1.807) is 0 Å². The molecular weight excluding hydrogens is 533 g/mol. The molecule has 0 spiro atoms.